The molecule has 0 fully saturated rings. The Balaban J connectivity index is 1.41. The van der Waals surface area contributed by atoms with Crippen molar-refractivity contribution in [2.24, 2.45) is 0 Å². The summed E-state index contributed by atoms with van der Waals surface area (Å²) in [5, 5.41) is 12.8. The molecule has 0 spiro atoms. The van der Waals surface area contributed by atoms with Crippen molar-refractivity contribution < 1.29 is 19.1 Å². The minimum Gasteiger partial charge on any atom is -0.485 e. The molecule has 2 heterocycles. The van der Waals surface area contributed by atoms with Gasteiger partial charge < -0.3 is 19.4 Å². The van der Waals surface area contributed by atoms with Crippen molar-refractivity contribution in [1.82, 2.24) is 14.8 Å². The van der Waals surface area contributed by atoms with E-state index >= 15 is 0 Å². The average molecular weight is 543 g/mol. The Bertz CT molecular complexity index is 1270. The topological polar surface area (TPSA) is 95.3 Å². The third-order valence-electron chi connectivity index (χ3n) is 6.28. The Morgan fingerprint density at radius 3 is 2.70 bits per heavy atom. The number of ether oxygens (including phenoxy) is 2. The number of carbonyl (C=O) groups is 2. The predicted octanol–water partition coefficient (Wildman–Crippen LogP) is 5.73. The van der Waals surface area contributed by atoms with E-state index in [1.807, 2.05) is 30.5 Å². The fourth-order valence-electron chi connectivity index (χ4n) is 4.50. The zero-order valence-electron chi connectivity index (χ0n) is 21.9. The predicted molar refractivity (Wildman–Crippen MR) is 147 cm³/mol. The number of nitrogens with one attached hydrogen (secondary N) is 1. The zero-order chi connectivity index (χ0) is 26.4. The monoisotopic (exact) mass is 542 g/mol. The fraction of sp³-hybridized carbons (Fsp3) is 0.481. The number of nitrogens with zero attached hydrogens (tertiary/aromatic N) is 3. The lowest BCUT2D eigenvalue weighted by molar-refractivity contribution is -0.113. The number of hydrogen-bond donors (Lipinski definition) is 1. The van der Waals surface area contributed by atoms with Crippen molar-refractivity contribution in [3.63, 3.8) is 0 Å². The SMILES string of the molecule is CCOC(=O)c1c(NC(=O)CSc2nnc(COc3ccc(C)cc3C)n2CC)sc2c1CCCCC2. The highest BCUT2D eigenvalue weighted by Gasteiger charge is 2.26. The van der Waals surface area contributed by atoms with E-state index in [0.29, 0.717) is 41.3 Å². The largest absolute Gasteiger partial charge is 0.485 e. The van der Waals surface area contributed by atoms with Gasteiger partial charge in [-0.1, -0.05) is 35.9 Å². The molecule has 0 unspecified atom stereocenters. The smallest absolute Gasteiger partial charge is 0.341 e. The van der Waals surface area contributed by atoms with Gasteiger partial charge in [-0.2, -0.15) is 0 Å². The van der Waals surface area contributed by atoms with Crippen molar-refractivity contribution in [1.29, 1.82) is 0 Å². The van der Waals surface area contributed by atoms with Crippen LogP contribution in [0.15, 0.2) is 23.4 Å². The van der Waals surface area contributed by atoms with Gasteiger partial charge in [0.1, 0.15) is 17.4 Å². The fourth-order valence-corrected chi connectivity index (χ4v) is 6.61. The minimum atomic E-state index is -0.357. The standard InChI is InChI=1S/C27H34N4O4S2/c1-5-31-22(15-35-20-13-12-17(3)14-18(20)4)29-30-27(31)36-16-23(32)28-25-24(26(33)34-6-2)19-10-8-7-9-11-21(19)37-25/h12-14H,5-11,15-16H2,1-4H3,(H,28,32). The Morgan fingerprint density at radius 1 is 1.14 bits per heavy atom. The lowest BCUT2D eigenvalue weighted by Gasteiger charge is -2.11. The summed E-state index contributed by atoms with van der Waals surface area (Å²) >= 11 is 2.83. The van der Waals surface area contributed by atoms with Crippen molar-refractivity contribution in [3.8, 4) is 5.75 Å². The van der Waals surface area contributed by atoms with E-state index < -0.39 is 0 Å². The van der Waals surface area contributed by atoms with Crippen molar-refractivity contribution in [3.05, 3.63) is 51.2 Å². The van der Waals surface area contributed by atoms with Crippen molar-refractivity contribution in [2.75, 3.05) is 17.7 Å². The van der Waals surface area contributed by atoms with Crippen molar-refractivity contribution in [2.45, 2.75) is 78.1 Å². The summed E-state index contributed by atoms with van der Waals surface area (Å²) in [6, 6.07) is 6.07. The zero-order valence-corrected chi connectivity index (χ0v) is 23.5. The lowest BCUT2D eigenvalue weighted by atomic mass is 10.1. The maximum absolute atomic E-state index is 12.9. The summed E-state index contributed by atoms with van der Waals surface area (Å²) in [5.74, 6) is 1.13. The number of aromatic nitrogens is 3. The molecule has 0 aliphatic heterocycles. The van der Waals surface area contributed by atoms with E-state index in [4.69, 9.17) is 9.47 Å². The second-order valence-corrected chi connectivity index (χ2v) is 11.1. The van der Waals surface area contributed by atoms with Crippen LogP contribution in [0.2, 0.25) is 0 Å². The van der Waals surface area contributed by atoms with Crippen LogP contribution in [0, 0.1) is 13.8 Å². The normalized spacial score (nSPS) is 13.1. The molecule has 10 heteroatoms. The molecule has 0 bridgehead atoms. The molecule has 2 aromatic heterocycles. The van der Waals surface area contributed by atoms with Gasteiger partial charge in [0.15, 0.2) is 11.0 Å². The quantitative estimate of drug-likeness (QED) is 0.199. The van der Waals surface area contributed by atoms with Gasteiger partial charge in [0.05, 0.1) is 17.9 Å². The van der Waals surface area contributed by atoms with Crippen LogP contribution >= 0.6 is 23.1 Å². The van der Waals surface area contributed by atoms with Crippen LogP contribution < -0.4 is 10.1 Å². The third-order valence-corrected chi connectivity index (χ3v) is 8.46. The Labute approximate surface area is 226 Å². The first-order valence-corrected chi connectivity index (χ1v) is 14.6. The molecule has 1 N–H and O–H groups in total. The van der Waals surface area contributed by atoms with Gasteiger partial charge in [0, 0.05) is 11.4 Å². The molecule has 1 aliphatic carbocycles. The molecular weight excluding hydrogens is 508 g/mol. The number of hydrogen-bond acceptors (Lipinski definition) is 8. The molecule has 3 aromatic rings. The molecule has 4 rings (SSSR count). The Morgan fingerprint density at radius 2 is 1.95 bits per heavy atom. The van der Waals surface area contributed by atoms with Gasteiger partial charge in [-0.15, -0.1) is 21.5 Å². The molecule has 37 heavy (non-hydrogen) atoms. The summed E-state index contributed by atoms with van der Waals surface area (Å²) in [4.78, 5) is 26.9. The van der Waals surface area contributed by atoms with Gasteiger partial charge in [-0.3, -0.25) is 4.79 Å². The number of carbonyl (C=O) groups excluding carboxylic acids is 2. The summed E-state index contributed by atoms with van der Waals surface area (Å²) in [5.41, 5.74) is 3.83. The van der Waals surface area contributed by atoms with Crippen LogP contribution in [0.4, 0.5) is 5.00 Å². The van der Waals surface area contributed by atoms with E-state index in [9.17, 15) is 9.59 Å². The second-order valence-electron chi connectivity index (χ2n) is 9.03. The third kappa shape index (κ3) is 6.54. The van der Waals surface area contributed by atoms with Crippen LogP contribution in [-0.2, 0) is 35.5 Å². The van der Waals surface area contributed by atoms with Crippen LogP contribution in [0.3, 0.4) is 0 Å². The Hall–Kier alpha value is -2.85. The number of amides is 1. The maximum atomic E-state index is 12.9. The molecule has 0 saturated heterocycles. The molecule has 1 aromatic carbocycles. The molecule has 8 nitrogen and oxygen atoms in total. The van der Waals surface area contributed by atoms with Gasteiger partial charge in [-0.25, -0.2) is 4.79 Å². The Kier molecular flexibility index (Phi) is 9.26. The number of fused-ring (bicyclic) bond motifs is 1. The lowest BCUT2D eigenvalue weighted by Crippen LogP contribution is -2.17. The first-order valence-electron chi connectivity index (χ1n) is 12.8. The first-order chi connectivity index (χ1) is 17.9. The summed E-state index contributed by atoms with van der Waals surface area (Å²) in [6.45, 7) is 9.13. The molecule has 0 saturated carbocycles. The molecule has 1 aliphatic rings. The number of esters is 1. The number of thioether (sulfide) groups is 1. The van der Waals surface area contributed by atoms with E-state index in [1.165, 1.54) is 33.5 Å². The van der Waals surface area contributed by atoms with E-state index in [0.717, 1.165) is 49.0 Å². The highest BCUT2D eigenvalue weighted by atomic mass is 32.2. The van der Waals surface area contributed by atoms with E-state index in [1.54, 1.807) is 6.92 Å². The second kappa shape index (κ2) is 12.6. The number of anilines is 1. The highest BCUT2D eigenvalue weighted by molar-refractivity contribution is 7.99. The molecule has 1 amide bonds. The van der Waals surface area contributed by atoms with Crippen LogP contribution in [0.25, 0.3) is 0 Å². The summed E-state index contributed by atoms with van der Waals surface area (Å²) in [6.07, 6.45) is 5.07. The van der Waals surface area contributed by atoms with Gasteiger partial charge in [0.2, 0.25) is 5.91 Å². The number of benzene rings is 1. The number of rotatable bonds is 10. The van der Waals surface area contributed by atoms with Gasteiger partial charge in [0.25, 0.3) is 0 Å². The maximum Gasteiger partial charge on any atom is 0.341 e. The number of aryl methyl sites for hydroxylation is 3. The van der Waals surface area contributed by atoms with Crippen molar-refractivity contribution >= 4 is 40.0 Å². The van der Waals surface area contributed by atoms with Crippen LogP contribution in [0.5, 0.6) is 5.75 Å². The highest BCUT2D eigenvalue weighted by Crippen LogP contribution is 2.38. The molecule has 198 valence electrons. The molecule has 0 radical (unpaired) electrons. The van der Waals surface area contributed by atoms with E-state index in [2.05, 4.69) is 28.5 Å². The first kappa shape index (κ1) is 27.2. The van der Waals surface area contributed by atoms with Crippen LogP contribution in [-0.4, -0.2) is 39.0 Å². The molecular formula is C27H34N4O4S2. The van der Waals surface area contributed by atoms with E-state index in [-0.39, 0.29) is 17.6 Å². The molecule has 0 atom stereocenters. The van der Waals surface area contributed by atoms with Gasteiger partial charge >= 0.3 is 5.97 Å². The van der Waals surface area contributed by atoms with Gasteiger partial charge in [-0.05, 0) is 70.6 Å². The average Bonchev–Trinajstić information content (AvgIpc) is 3.34. The number of thiophene rings is 1. The summed E-state index contributed by atoms with van der Waals surface area (Å²) in [7, 11) is 0. The van der Waals surface area contributed by atoms with Crippen LogP contribution in [0.1, 0.15) is 70.9 Å². The summed E-state index contributed by atoms with van der Waals surface area (Å²) < 4.78 is 13.3. The minimum absolute atomic E-state index is 0.154.